The number of ether oxygens (including phenoxy) is 1. The smallest absolute Gasteiger partial charge is 0.332 e. The third-order valence-corrected chi connectivity index (χ3v) is 5.08. The van der Waals surface area contributed by atoms with E-state index in [0.717, 1.165) is 21.0 Å². The van der Waals surface area contributed by atoms with Crippen molar-refractivity contribution < 1.29 is 4.74 Å². The van der Waals surface area contributed by atoms with Crippen LogP contribution in [0.3, 0.4) is 0 Å². The SMILES string of the molecule is CCOCCCNc1nc2c(c(=O)n(C)c(=O)n2C)n1Cc1ccc(Br)cc1. The van der Waals surface area contributed by atoms with Gasteiger partial charge >= 0.3 is 5.69 Å². The average molecular weight is 450 g/mol. The molecule has 3 rings (SSSR count). The Morgan fingerprint density at radius 3 is 2.54 bits per heavy atom. The summed E-state index contributed by atoms with van der Waals surface area (Å²) < 4.78 is 10.7. The average Bonchev–Trinajstić information content (AvgIpc) is 3.04. The summed E-state index contributed by atoms with van der Waals surface area (Å²) in [6.07, 6.45) is 0.812. The molecule has 2 heterocycles. The monoisotopic (exact) mass is 449 g/mol. The Kier molecular flexibility index (Phi) is 6.35. The molecule has 3 aromatic rings. The molecule has 0 aliphatic carbocycles. The van der Waals surface area contributed by atoms with Crippen molar-refractivity contribution in [2.24, 2.45) is 14.1 Å². The Morgan fingerprint density at radius 1 is 1.14 bits per heavy atom. The molecule has 0 saturated carbocycles. The molecule has 1 N–H and O–H groups in total. The number of aromatic nitrogens is 4. The maximum Gasteiger partial charge on any atom is 0.332 e. The summed E-state index contributed by atoms with van der Waals surface area (Å²) in [5.74, 6) is 0.563. The third-order valence-electron chi connectivity index (χ3n) is 4.55. The van der Waals surface area contributed by atoms with Crippen molar-refractivity contribution in [2.75, 3.05) is 25.1 Å². The Balaban J connectivity index is 2.05. The Hall–Kier alpha value is -2.39. The van der Waals surface area contributed by atoms with E-state index in [1.165, 1.54) is 11.6 Å². The van der Waals surface area contributed by atoms with Gasteiger partial charge in [-0.1, -0.05) is 28.1 Å². The molecule has 0 saturated heterocycles. The summed E-state index contributed by atoms with van der Waals surface area (Å²) in [4.78, 5) is 29.7. The minimum atomic E-state index is -0.395. The Labute approximate surface area is 170 Å². The summed E-state index contributed by atoms with van der Waals surface area (Å²) in [5, 5.41) is 3.29. The van der Waals surface area contributed by atoms with Crippen molar-refractivity contribution >= 4 is 33.0 Å². The van der Waals surface area contributed by atoms with E-state index in [2.05, 4.69) is 26.2 Å². The van der Waals surface area contributed by atoms with E-state index >= 15 is 0 Å². The van der Waals surface area contributed by atoms with E-state index in [-0.39, 0.29) is 5.56 Å². The number of aryl methyl sites for hydroxylation is 1. The molecule has 2 aromatic heterocycles. The summed E-state index contributed by atoms with van der Waals surface area (Å²) >= 11 is 3.44. The summed E-state index contributed by atoms with van der Waals surface area (Å²) in [5.41, 5.74) is 1.05. The van der Waals surface area contributed by atoms with E-state index in [4.69, 9.17) is 4.74 Å². The topological polar surface area (TPSA) is 83.1 Å². The normalized spacial score (nSPS) is 11.3. The van der Waals surface area contributed by atoms with Crippen molar-refractivity contribution in [3.05, 3.63) is 55.1 Å². The van der Waals surface area contributed by atoms with E-state index in [0.29, 0.717) is 43.4 Å². The van der Waals surface area contributed by atoms with Gasteiger partial charge in [-0.3, -0.25) is 18.5 Å². The molecule has 150 valence electrons. The highest BCUT2D eigenvalue weighted by molar-refractivity contribution is 9.10. The zero-order valence-electron chi connectivity index (χ0n) is 16.2. The van der Waals surface area contributed by atoms with Crippen molar-refractivity contribution in [1.82, 2.24) is 18.7 Å². The fourth-order valence-electron chi connectivity index (χ4n) is 3.03. The van der Waals surface area contributed by atoms with Crippen molar-refractivity contribution in [1.29, 1.82) is 0 Å². The van der Waals surface area contributed by atoms with Crippen LogP contribution in [0.15, 0.2) is 38.3 Å². The number of nitrogens with one attached hydrogen (secondary N) is 1. The van der Waals surface area contributed by atoms with Crippen LogP contribution in [-0.2, 0) is 25.4 Å². The Bertz CT molecular complexity index is 1080. The van der Waals surface area contributed by atoms with Gasteiger partial charge in [0.2, 0.25) is 5.95 Å². The van der Waals surface area contributed by atoms with Crippen LogP contribution >= 0.6 is 15.9 Å². The predicted octanol–water partition coefficient (Wildman–Crippen LogP) is 2.08. The molecule has 1 aromatic carbocycles. The number of anilines is 1. The molecule has 0 aliphatic heterocycles. The van der Waals surface area contributed by atoms with Crippen LogP contribution in [-0.4, -0.2) is 38.4 Å². The lowest BCUT2D eigenvalue weighted by atomic mass is 10.2. The lowest BCUT2D eigenvalue weighted by molar-refractivity contribution is 0.147. The molecule has 0 spiro atoms. The van der Waals surface area contributed by atoms with Gasteiger partial charge in [-0.15, -0.1) is 0 Å². The minimum absolute atomic E-state index is 0.356. The van der Waals surface area contributed by atoms with Crippen LogP contribution in [0.4, 0.5) is 5.95 Å². The molecular formula is C19H24BrN5O3. The molecule has 0 atom stereocenters. The predicted molar refractivity (Wildman–Crippen MR) is 113 cm³/mol. The van der Waals surface area contributed by atoms with Gasteiger partial charge in [-0.2, -0.15) is 4.98 Å². The standard InChI is InChI=1S/C19H24BrN5O3/c1-4-28-11-5-10-21-18-22-16-15(17(26)24(3)19(27)23(16)2)25(18)12-13-6-8-14(20)9-7-13/h6-9H,4-5,10-12H2,1-3H3,(H,21,22). The van der Waals surface area contributed by atoms with Gasteiger partial charge in [0.25, 0.3) is 5.56 Å². The maximum absolute atomic E-state index is 12.8. The lowest BCUT2D eigenvalue weighted by Crippen LogP contribution is -2.37. The van der Waals surface area contributed by atoms with Crippen molar-refractivity contribution in [2.45, 2.75) is 19.9 Å². The van der Waals surface area contributed by atoms with E-state index in [1.54, 1.807) is 7.05 Å². The van der Waals surface area contributed by atoms with E-state index < -0.39 is 5.69 Å². The van der Waals surface area contributed by atoms with Crippen LogP contribution in [0.1, 0.15) is 18.9 Å². The second kappa shape index (κ2) is 8.74. The highest BCUT2D eigenvalue weighted by atomic mass is 79.9. The van der Waals surface area contributed by atoms with Gasteiger partial charge < -0.3 is 10.1 Å². The molecule has 0 bridgehead atoms. The number of hydrogen-bond donors (Lipinski definition) is 1. The highest BCUT2D eigenvalue weighted by Crippen LogP contribution is 2.19. The fourth-order valence-corrected chi connectivity index (χ4v) is 3.29. The van der Waals surface area contributed by atoms with Gasteiger partial charge in [0.15, 0.2) is 11.2 Å². The quantitative estimate of drug-likeness (QED) is 0.532. The summed E-state index contributed by atoms with van der Waals surface area (Å²) in [6.45, 7) is 4.40. The van der Waals surface area contributed by atoms with Gasteiger partial charge in [-0.25, -0.2) is 4.79 Å². The summed E-state index contributed by atoms with van der Waals surface area (Å²) in [6, 6.07) is 7.89. The number of halogens is 1. The molecule has 0 unspecified atom stereocenters. The van der Waals surface area contributed by atoms with Crippen molar-refractivity contribution in [3.8, 4) is 0 Å². The number of hydrogen-bond acceptors (Lipinski definition) is 5. The lowest BCUT2D eigenvalue weighted by Gasteiger charge is -2.11. The number of fused-ring (bicyclic) bond motifs is 1. The number of imidazole rings is 1. The first-order valence-electron chi connectivity index (χ1n) is 9.16. The number of rotatable bonds is 8. The molecular weight excluding hydrogens is 426 g/mol. The molecule has 9 heteroatoms. The minimum Gasteiger partial charge on any atom is -0.382 e. The largest absolute Gasteiger partial charge is 0.382 e. The number of benzene rings is 1. The van der Waals surface area contributed by atoms with Crippen LogP contribution in [0, 0.1) is 0 Å². The molecule has 28 heavy (non-hydrogen) atoms. The first-order valence-corrected chi connectivity index (χ1v) is 9.95. The molecule has 0 radical (unpaired) electrons. The third kappa shape index (κ3) is 4.05. The first-order chi connectivity index (χ1) is 13.4. The van der Waals surface area contributed by atoms with Gasteiger partial charge in [0.05, 0.1) is 6.54 Å². The maximum atomic E-state index is 12.8. The highest BCUT2D eigenvalue weighted by Gasteiger charge is 2.19. The zero-order valence-corrected chi connectivity index (χ0v) is 17.8. The zero-order chi connectivity index (χ0) is 20.3. The van der Waals surface area contributed by atoms with Crippen LogP contribution in [0.5, 0.6) is 0 Å². The van der Waals surface area contributed by atoms with E-state index in [1.807, 2.05) is 35.8 Å². The van der Waals surface area contributed by atoms with Gasteiger partial charge in [0, 0.05) is 38.3 Å². The van der Waals surface area contributed by atoms with Crippen LogP contribution in [0.2, 0.25) is 0 Å². The molecule has 0 fully saturated rings. The van der Waals surface area contributed by atoms with Gasteiger partial charge in [0.1, 0.15) is 0 Å². The molecule has 0 aliphatic rings. The van der Waals surface area contributed by atoms with Crippen LogP contribution in [0.25, 0.3) is 11.2 Å². The first kappa shape index (κ1) is 20.3. The number of nitrogens with zero attached hydrogens (tertiary/aromatic N) is 4. The van der Waals surface area contributed by atoms with Crippen molar-refractivity contribution in [3.63, 3.8) is 0 Å². The second-order valence-electron chi connectivity index (χ2n) is 6.50. The van der Waals surface area contributed by atoms with Gasteiger partial charge in [-0.05, 0) is 31.0 Å². The van der Waals surface area contributed by atoms with E-state index in [9.17, 15) is 9.59 Å². The fraction of sp³-hybridized carbons (Fsp3) is 0.421. The van der Waals surface area contributed by atoms with Crippen LogP contribution < -0.4 is 16.6 Å². The molecule has 8 nitrogen and oxygen atoms in total. The Morgan fingerprint density at radius 2 is 1.86 bits per heavy atom. The summed E-state index contributed by atoms with van der Waals surface area (Å²) in [7, 11) is 3.11. The molecule has 0 amide bonds. The second-order valence-corrected chi connectivity index (χ2v) is 7.42.